The second-order valence-electron chi connectivity index (χ2n) is 6.53. The molecule has 3 N–H and O–H groups in total. The second kappa shape index (κ2) is 8.62. The van der Waals surface area contributed by atoms with Gasteiger partial charge in [-0.25, -0.2) is 4.98 Å². The molecule has 0 radical (unpaired) electrons. The van der Waals surface area contributed by atoms with E-state index in [0.717, 1.165) is 18.7 Å². The highest BCUT2D eigenvalue weighted by molar-refractivity contribution is 5.92. The van der Waals surface area contributed by atoms with Gasteiger partial charge in [0.15, 0.2) is 0 Å². The predicted octanol–water partition coefficient (Wildman–Crippen LogP) is 3.44. The Bertz CT molecular complexity index is 677. The fraction of sp³-hybridized carbons (Fsp3) is 0.400. The summed E-state index contributed by atoms with van der Waals surface area (Å²) in [6.07, 6.45) is 9.17. The number of aromatic nitrogens is 1. The van der Waals surface area contributed by atoms with Gasteiger partial charge in [0.25, 0.3) is 0 Å². The molecule has 0 saturated heterocycles. The van der Waals surface area contributed by atoms with Crippen LogP contribution in [0.3, 0.4) is 0 Å². The van der Waals surface area contributed by atoms with Crippen LogP contribution in [0.1, 0.15) is 48.0 Å². The Morgan fingerprint density at radius 3 is 2.52 bits per heavy atom. The monoisotopic (exact) mass is 339 g/mol. The van der Waals surface area contributed by atoms with E-state index in [4.69, 9.17) is 10.5 Å². The van der Waals surface area contributed by atoms with Crippen LogP contribution in [-0.4, -0.2) is 23.5 Å². The first kappa shape index (κ1) is 17.4. The van der Waals surface area contributed by atoms with Crippen molar-refractivity contribution < 1.29 is 9.53 Å². The van der Waals surface area contributed by atoms with Crippen molar-refractivity contribution in [3.8, 4) is 11.6 Å². The maximum Gasteiger partial charge on any atom is 0.250 e. The van der Waals surface area contributed by atoms with Crippen LogP contribution >= 0.6 is 0 Å². The Hall–Kier alpha value is -2.40. The maximum absolute atomic E-state index is 11.0. The first-order valence-electron chi connectivity index (χ1n) is 8.97. The number of pyridine rings is 1. The summed E-state index contributed by atoms with van der Waals surface area (Å²) < 4.78 is 5.69. The lowest BCUT2D eigenvalue weighted by Gasteiger charge is -2.22. The van der Waals surface area contributed by atoms with Crippen molar-refractivity contribution in [1.82, 2.24) is 10.3 Å². The summed E-state index contributed by atoms with van der Waals surface area (Å²) in [4.78, 5) is 15.1. The number of primary amides is 1. The van der Waals surface area contributed by atoms with Gasteiger partial charge in [-0.2, -0.15) is 0 Å². The smallest absolute Gasteiger partial charge is 0.250 e. The Kier molecular flexibility index (Phi) is 6.01. The van der Waals surface area contributed by atoms with E-state index in [2.05, 4.69) is 22.4 Å². The van der Waals surface area contributed by atoms with Crippen molar-refractivity contribution in [2.45, 2.75) is 44.6 Å². The summed E-state index contributed by atoms with van der Waals surface area (Å²) >= 11 is 0. The number of amides is 1. The quantitative estimate of drug-likeness (QED) is 0.810. The van der Waals surface area contributed by atoms with Gasteiger partial charge in [0.1, 0.15) is 5.75 Å². The number of carbonyl (C=O) groups is 1. The Balaban J connectivity index is 1.47. The first-order chi connectivity index (χ1) is 12.2. The molecule has 1 fully saturated rings. The van der Waals surface area contributed by atoms with Gasteiger partial charge in [0, 0.05) is 18.3 Å². The molecule has 5 heteroatoms. The van der Waals surface area contributed by atoms with Crippen LogP contribution in [0.15, 0.2) is 42.6 Å². The van der Waals surface area contributed by atoms with Crippen molar-refractivity contribution in [2.75, 3.05) is 6.54 Å². The number of nitrogens with two attached hydrogens (primary N) is 1. The Labute approximate surface area is 148 Å². The lowest BCUT2D eigenvalue weighted by molar-refractivity contribution is 0.1000. The molecule has 2 aromatic rings. The van der Waals surface area contributed by atoms with Gasteiger partial charge in [0.2, 0.25) is 11.8 Å². The van der Waals surface area contributed by atoms with Crippen LogP contribution in [-0.2, 0) is 6.42 Å². The number of carbonyl (C=O) groups excluding carboxylic acids is 1. The minimum Gasteiger partial charge on any atom is -0.439 e. The molecule has 0 unspecified atom stereocenters. The topological polar surface area (TPSA) is 77.2 Å². The van der Waals surface area contributed by atoms with E-state index in [0.29, 0.717) is 17.5 Å². The number of rotatable bonds is 7. The van der Waals surface area contributed by atoms with Crippen molar-refractivity contribution in [3.63, 3.8) is 0 Å². The van der Waals surface area contributed by atoms with Gasteiger partial charge in [0.05, 0.1) is 5.56 Å². The number of ether oxygens (including phenoxy) is 1. The van der Waals surface area contributed by atoms with E-state index >= 15 is 0 Å². The first-order valence-corrected chi connectivity index (χ1v) is 8.97. The number of nitrogens with zero attached hydrogens (tertiary/aromatic N) is 1. The molecule has 1 aromatic carbocycles. The molecular weight excluding hydrogens is 314 g/mol. The lowest BCUT2D eigenvalue weighted by Crippen LogP contribution is -2.32. The van der Waals surface area contributed by atoms with Gasteiger partial charge in [-0.1, -0.05) is 31.4 Å². The third-order valence-corrected chi connectivity index (χ3v) is 4.62. The third-order valence-electron chi connectivity index (χ3n) is 4.62. The van der Waals surface area contributed by atoms with Crippen molar-refractivity contribution in [2.24, 2.45) is 5.73 Å². The largest absolute Gasteiger partial charge is 0.439 e. The Morgan fingerprint density at radius 2 is 1.88 bits per heavy atom. The molecule has 3 rings (SSSR count). The van der Waals surface area contributed by atoms with Crippen molar-refractivity contribution >= 4 is 5.91 Å². The van der Waals surface area contributed by atoms with Crippen LogP contribution in [0.25, 0.3) is 0 Å². The van der Waals surface area contributed by atoms with Gasteiger partial charge in [-0.3, -0.25) is 4.79 Å². The molecule has 1 amide bonds. The van der Waals surface area contributed by atoms with E-state index in [9.17, 15) is 4.79 Å². The van der Waals surface area contributed by atoms with Crippen LogP contribution in [0.4, 0.5) is 0 Å². The van der Waals surface area contributed by atoms with Crippen molar-refractivity contribution in [1.29, 1.82) is 0 Å². The average Bonchev–Trinajstić information content (AvgIpc) is 2.64. The van der Waals surface area contributed by atoms with Crippen LogP contribution in [0, 0.1) is 0 Å². The highest BCUT2D eigenvalue weighted by Gasteiger charge is 2.11. The number of hydrogen-bond acceptors (Lipinski definition) is 4. The van der Waals surface area contributed by atoms with Gasteiger partial charge >= 0.3 is 0 Å². The summed E-state index contributed by atoms with van der Waals surface area (Å²) in [5, 5.41) is 3.66. The van der Waals surface area contributed by atoms with E-state index < -0.39 is 5.91 Å². The molecule has 1 saturated carbocycles. The molecule has 25 heavy (non-hydrogen) atoms. The number of hydrogen-bond donors (Lipinski definition) is 2. The zero-order valence-corrected chi connectivity index (χ0v) is 14.4. The van der Waals surface area contributed by atoms with Crippen LogP contribution in [0.2, 0.25) is 0 Å². The molecule has 0 spiro atoms. The maximum atomic E-state index is 11.0. The standard InChI is InChI=1S/C20H25N3O2/c21-20(24)16-8-11-19(23-14-16)25-18-9-6-15(7-10-18)12-13-22-17-4-2-1-3-5-17/h6-11,14,17,22H,1-5,12-13H2,(H2,21,24). The summed E-state index contributed by atoms with van der Waals surface area (Å²) in [5.74, 6) is 0.672. The molecule has 0 bridgehead atoms. The van der Waals surface area contributed by atoms with Gasteiger partial charge in [-0.15, -0.1) is 0 Å². The fourth-order valence-corrected chi connectivity index (χ4v) is 3.16. The van der Waals surface area contributed by atoms with E-state index in [-0.39, 0.29) is 0 Å². The second-order valence-corrected chi connectivity index (χ2v) is 6.53. The lowest BCUT2D eigenvalue weighted by atomic mass is 9.95. The normalized spacial score (nSPS) is 15.0. The SMILES string of the molecule is NC(=O)c1ccc(Oc2ccc(CCNC3CCCCC3)cc2)nc1. The van der Waals surface area contributed by atoms with E-state index in [1.165, 1.54) is 43.9 Å². The highest BCUT2D eigenvalue weighted by atomic mass is 16.5. The zero-order chi connectivity index (χ0) is 17.5. The number of benzene rings is 1. The summed E-state index contributed by atoms with van der Waals surface area (Å²) in [5.41, 5.74) is 6.85. The molecular formula is C20H25N3O2. The Morgan fingerprint density at radius 1 is 1.12 bits per heavy atom. The molecule has 1 aliphatic rings. The molecule has 1 heterocycles. The van der Waals surface area contributed by atoms with Crippen LogP contribution in [0.5, 0.6) is 11.6 Å². The molecule has 132 valence electrons. The molecule has 5 nitrogen and oxygen atoms in total. The minimum atomic E-state index is -0.495. The molecule has 0 aliphatic heterocycles. The summed E-state index contributed by atoms with van der Waals surface area (Å²) in [6.45, 7) is 1.01. The summed E-state index contributed by atoms with van der Waals surface area (Å²) in [7, 11) is 0. The van der Waals surface area contributed by atoms with E-state index in [1.807, 2.05) is 12.1 Å². The predicted molar refractivity (Wildman–Crippen MR) is 97.9 cm³/mol. The van der Waals surface area contributed by atoms with Gasteiger partial charge in [-0.05, 0) is 49.6 Å². The zero-order valence-electron chi connectivity index (χ0n) is 14.4. The molecule has 1 aliphatic carbocycles. The minimum absolute atomic E-state index is 0.369. The van der Waals surface area contributed by atoms with E-state index in [1.54, 1.807) is 12.1 Å². The third kappa shape index (κ3) is 5.29. The fourth-order valence-electron chi connectivity index (χ4n) is 3.16. The van der Waals surface area contributed by atoms with Crippen LogP contribution < -0.4 is 15.8 Å². The highest BCUT2D eigenvalue weighted by Crippen LogP contribution is 2.20. The van der Waals surface area contributed by atoms with Crippen molar-refractivity contribution in [3.05, 3.63) is 53.7 Å². The molecule has 0 atom stereocenters. The summed E-state index contributed by atoms with van der Waals surface area (Å²) in [6, 6.07) is 12.0. The molecule has 1 aromatic heterocycles. The van der Waals surface area contributed by atoms with Gasteiger partial charge < -0.3 is 15.8 Å². The average molecular weight is 339 g/mol. The number of nitrogens with one attached hydrogen (secondary N) is 1.